The van der Waals surface area contributed by atoms with Crippen molar-refractivity contribution < 1.29 is 19.0 Å². The first kappa shape index (κ1) is 13.7. The summed E-state index contributed by atoms with van der Waals surface area (Å²) in [6.07, 6.45) is 0.615. The molecular formula is C14H19NO4. The van der Waals surface area contributed by atoms with Crippen LogP contribution in [0.2, 0.25) is 0 Å². The summed E-state index contributed by atoms with van der Waals surface area (Å²) in [5.74, 6) is 0.908. The quantitative estimate of drug-likeness (QED) is 0.837. The van der Waals surface area contributed by atoms with E-state index in [9.17, 15) is 4.79 Å². The average Bonchev–Trinajstić information content (AvgIpc) is 2.46. The Morgan fingerprint density at radius 3 is 2.47 bits per heavy atom. The Morgan fingerprint density at radius 2 is 1.95 bits per heavy atom. The summed E-state index contributed by atoms with van der Waals surface area (Å²) in [6, 6.07) is 5.31. The molecule has 1 heterocycles. The molecule has 0 radical (unpaired) electrons. The first-order chi connectivity index (χ1) is 9.19. The van der Waals surface area contributed by atoms with Gasteiger partial charge in [-0.3, -0.25) is 4.79 Å². The van der Waals surface area contributed by atoms with Gasteiger partial charge in [-0.05, 0) is 25.5 Å². The minimum atomic E-state index is -0.226. The lowest BCUT2D eigenvalue weighted by atomic mass is 10.1. The van der Waals surface area contributed by atoms with Crippen LogP contribution in [0.3, 0.4) is 0 Å². The molecule has 1 aliphatic rings. The summed E-state index contributed by atoms with van der Waals surface area (Å²) in [4.78, 5) is 14.4. The van der Waals surface area contributed by atoms with Crippen molar-refractivity contribution >= 4 is 5.91 Å². The minimum Gasteiger partial charge on any atom is -0.496 e. The standard InChI is InChI=1S/C14H19NO4/c1-10-15(8-5-9-19-10)14(16)13-11(17-2)6-4-7-12(13)18-3/h4,6-7,10H,5,8-9H2,1-3H3. The Balaban J connectivity index is 2.36. The number of ether oxygens (including phenoxy) is 3. The summed E-state index contributed by atoms with van der Waals surface area (Å²) < 4.78 is 16.0. The monoisotopic (exact) mass is 265 g/mol. The van der Waals surface area contributed by atoms with Gasteiger partial charge in [0.05, 0.1) is 20.8 Å². The second-order valence-corrected chi connectivity index (χ2v) is 4.36. The van der Waals surface area contributed by atoms with Crippen LogP contribution in [0.25, 0.3) is 0 Å². The zero-order valence-corrected chi connectivity index (χ0v) is 11.5. The van der Waals surface area contributed by atoms with Crippen LogP contribution >= 0.6 is 0 Å². The molecule has 1 aromatic carbocycles. The van der Waals surface area contributed by atoms with E-state index in [-0.39, 0.29) is 12.1 Å². The molecule has 0 aliphatic carbocycles. The fourth-order valence-corrected chi connectivity index (χ4v) is 2.23. The van der Waals surface area contributed by atoms with Gasteiger partial charge >= 0.3 is 0 Å². The van der Waals surface area contributed by atoms with Gasteiger partial charge in [0, 0.05) is 6.54 Å². The Labute approximate surface area is 113 Å². The molecule has 1 saturated heterocycles. The van der Waals surface area contributed by atoms with Crippen LogP contribution in [0, 0.1) is 0 Å². The van der Waals surface area contributed by atoms with Gasteiger partial charge in [0.15, 0.2) is 0 Å². The Bertz CT molecular complexity index is 439. The van der Waals surface area contributed by atoms with Crippen molar-refractivity contribution in [3.05, 3.63) is 23.8 Å². The second-order valence-electron chi connectivity index (χ2n) is 4.36. The molecule has 1 aromatic rings. The molecular weight excluding hydrogens is 246 g/mol. The van der Waals surface area contributed by atoms with Gasteiger partial charge in [-0.1, -0.05) is 6.07 Å². The highest BCUT2D eigenvalue weighted by Crippen LogP contribution is 2.30. The van der Waals surface area contributed by atoms with Crippen molar-refractivity contribution in [1.29, 1.82) is 0 Å². The van der Waals surface area contributed by atoms with E-state index in [4.69, 9.17) is 14.2 Å². The van der Waals surface area contributed by atoms with E-state index < -0.39 is 0 Å². The Kier molecular flexibility index (Phi) is 4.27. The lowest BCUT2D eigenvalue weighted by molar-refractivity contribution is -0.0662. The number of amides is 1. The van der Waals surface area contributed by atoms with E-state index in [0.717, 1.165) is 6.42 Å². The van der Waals surface area contributed by atoms with E-state index in [0.29, 0.717) is 30.2 Å². The number of carbonyl (C=O) groups excluding carboxylic acids is 1. The van der Waals surface area contributed by atoms with Crippen molar-refractivity contribution in [2.75, 3.05) is 27.4 Å². The van der Waals surface area contributed by atoms with Crippen LogP contribution < -0.4 is 9.47 Å². The van der Waals surface area contributed by atoms with Gasteiger partial charge in [0.1, 0.15) is 23.3 Å². The van der Waals surface area contributed by atoms with Gasteiger partial charge in [-0.2, -0.15) is 0 Å². The normalized spacial score (nSPS) is 19.1. The smallest absolute Gasteiger partial charge is 0.263 e. The van der Waals surface area contributed by atoms with Gasteiger partial charge in [-0.15, -0.1) is 0 Å². The molecule has 5 heteroatoms. The maximum absolute atomic E-state index is 12.7. The van der Waals surface area contributed by atoms with E-state index in [2.05, 4.69) is 0 Å². The van der Waals surface area contributed by atoms with Crippen LogP contribution in [-0.2, 0) is 4.74 Å². The largest absolute Gasteiger partial charge is 0.496 e. The Morgan fingerprint density at radius 1 is 1.32 bits per heavy atom. The molecule has 1 unspecified atom stereocenters. The summed E-state index contributed by atoms with van der Waals surface area (Å²) in [7, 11) is 3.09. The number of hydrogen-bond acceptors (Lipinski definition) is 4. The highest BCUT2D eigenvalue weighted by atomic mass is 16.5. The van der Waals surface area contributed by atoms with Crippen LogP contribution in [0.1, 0.15) is 23.7 Å². The van der Waals surface area contributed by atoms with E-state index >= 15 is 0 Å². The second kappa shape index (κ2) is 5.93. The minimum absolute atomic E-state index is 0.124. The third kappa shape index (κ3) is 2.66. The topological polar surface area (TPSA) is 48.0 Å². The van der Waals surface area contributed by atoms with Crippen LogP contribution in [0.5, 0.6) is 11.5 Å². The number of rotatable bonds is 3. The van der Waals surface area contributed by atoms with Gasteiger partial charge in [0.25, 0.3) is 5.91 Å². The fourth-order valence-electron chi connectivity index (χ4n) is 2.23. The van der Waals surface area contributed by atoms with Crippen LogP contribution in [-0.4, -0.2) is 44.4 Å². The molecule has 104 valence electrons. The summed E-state index contributed by atoms with van der Waals surface area (Å²) >= 11 is 0. The molecule has 2 rings (SSSR count). The summed E-state index contributed by atoms with van der Waals surface area (Å²) in [5, 5.41) is 0. The predicted molar refractivity (Wildman–Crippen MR) is 70.6 cm³/mol. The SMILES string of the molecule is COc1cccc(OC)c1C(=O)N1CCCOC1C. The maximum atomic E-state index is 12.7. The van der Waals surface area contributed by atoms with Crippen molar-refractivity contribution in [1.82, 2.24) is 4.90 Å². The molecule has 19 heavy (non-hydrogen) atoms. The van der Waals surface area contributed by atoms with Crippen molar-refractivity contribution in [2.24, 2.45) is 0 Å². The molecule has 1 atom stereocenters. The third-order valence-electron chi connectivity index (χ3n) is 3.24. The molecule has 1 fully saturated rings. The number of hydrogen-bond donors (Lipinski definition) is 0. The van der Waals surface area contributed by atoms with Crippen LogP contribution in [0.15, 0.2) is 18.2 Å². The first-order valence-corrected chi connectivity index (χ1v) is 6.32. The maximum Gasteiger partial charge on any atom is 0.263 e. The van der Waals surface area contributed by atoms with E-state index in [1.165, 1.54) is 0 Å². The zero-order chi connectivity index (χ0) is 13.8. The van der Waals surface area contributed by atoms with E-state index in [1.807, 2.05) is 6.92 Å². The molecule has 0 aromatic heterocycles. The van der Waals surface area contributed by atoms with Gasteiger partial charge < -0.3 is 19.1 Å². The molecule has 0 N–H and O–H groups in total. The van der Waals surface area contributed by atoms with Crippen molar-refractivity contribution in [2.45, 2.75) is 19.6 Å². The molecule has 1 aliphatic heterocycles. The lowest BCUT2D eigenvalue weighted by Gasteiger charge is -2.33. The summed E-state index contributed by atoms with van der Waals surface area (Å²) in [5.41, 5.74) is 0.449. The highest BCUT2D eigenvalue weighted by Gasteiger charge is 2.29. The third-order valence-corrected chi connectivity index (χ3v) is 3.24. The van der Waals surface area contributed by atoms with Crippen molar-refractivity contribution in [3.8, 4) is 11.5 Å². The number of nitrogens with zero attached hydrogens (tertiary/aromatic N) is 1. The first-order valence-electron chi connectivity index (χ1n) is 6.32. The van der Waals surface area contributed by atoms with E-state index in [1.54, 1.807) is 37.3 Å². The Hall–Kier alpha value is -1.75. The zero-order valence-electron chi connectivity index (χ0n) is 11.5. The van der Waals surface area contributed by atoms with Crippen molar-refractivity contribution in [3.63, 3.8) is 0 Å². The molecule has 0 saturated carbocycles. The molecule has 0 spiro atoms. The number of benzene rings is 1. The van der Waals surface area contributed by atoms with Crippen LogP contribution in [0.4, 0.5) is 0 Å². The summed E-state index contributed by atoms with van der Waals surface area (Å²) in [6.45, 7) is 3.24. The molecule has 0 bridgehead atoms. The predicted octanol–water partition coefficient (Wildman–Crippen LogP) is 1.91. The lowest BCUT2D eigenvalue weighted by Crippen LogP contribution is -2.44. The fraction of sp³-hybridized carbons (Fsp3) is 0.500. The van der Waals surface area contributed by atoms with Gasteiger partial charge in [0.2, 0.25) is 0 Å². The molecule has 5 nitrogen and oxygen atoms in total. The number of methoxy groups -OCH3 is 2. The molecule has 1 amide bonds. The average molecular weight is 265 g/mol. The highest BCUT2D eigenvalue weighted by molar-refractivity contribution is 5.99. The van der Waals surface area contributed by atoms with Gasteiger partial charge in [-0.25, -0.2) is 0 Å². The number of carbonyl (C=O) groups is 1.